The number of carboxylic acids is 1. The summed E-state index contributed by atoms with van der Waals surface area (Å²) >= 11 is 3.37. The van der Waals surface area contributed by atoms with Crippen molar-refractivity contribution < 1.29 is 19.1 Å². The first-order valence-corrected chi connectivity index (χ1v) is 12.2. The first-order chi connectivity index (χ1) is 16.8. The molecular formula is C25H24BrFN4O4. The number of halogens is 2. The summed E-state index contributed by atoms with van der Waals surface area (Å²) in [5.41, 5.74) is 0.648. The van der Waals surface area contributed by atoms with Gasteiger partial charge in [0.1, 0.15) is 11.4 Å². The zero-order valence-electron chi connectivity index (χ0n) is 18.8. The monoisotopic (exact) mass is 542 g/mol. The number of benzene rings is 2. The molecule has 0 unspecified atom stereocenters. The fraction of sp³-hybridized carbons (Fsp3) is 0.320. The van der Waals surface area contributed by atoms with Crippen molar-refractivity contribution in [2.45, 2.75) is 18.9 Å². The minimum absolute atomic E-state index is 0.0845. The smallest absolute Gasteiger partial charge is 0.341 e. The molecule has 2 heterocycles. The van der Waals surface area contributed by atoms with Crippen LogP contribution in [0.25, 0.3) is 10.9 Å². The van der Waals surface area contributed by atoms with Crippen molar-refractivity contribution in [3.63, 3.8) is 0 Å². The van der Waals surface area contributed by atoms with Crippen LogP contribution in [-0.2, 0) is 4.79 Å². The number of carbonyl (C=O) groups is 2. The molecule has 0 atom stereocenters. The van der Waals surface area contributed by atoms with Crippen molar-refractivity contribution in [2.75, 3.05) is 42.9 Å². The van der Waals surface area contributed by atoms with Crippen LogP contribution < -0.4 is 15.6 Å². The van der Waals surface area contributed by atoms with E-state index in [0.29, 0.717) is 37.4 Å². The maximum Gasteiger partial charge on any atom is 0.341 e. The summed E-state index contributed by atoms with van der Waals surface area (Å²) in [7, 11) is 0. The molecule has 0 bridgehead atoms. The summed E-state index contributed by atoms with van der Waals surface area (Å²) in [6, 6.07) is 10.3. The van der Waals surface area contributed by atoms with Gasteiger partial charge in [0, 0.05) is 54.0 Å². The molecule has 0 radical (unpaired) electrons. The molecule has 3 aromatic rings. The number of nitrogens with one attached hydrogen (secondary N) is 1. The number of rotatable bonds is 6. The molecule has 1 aliphatic carbocycles. The van der Waals surface area contributed by atoms with Gasteiger partial charge >= 0.3 is 5.97 Å². The van der Waals surface area contributed by atoms with E-state index in [1.807, 2.05) is 34.1 Å². The fourth-order valence-corrected chi connectivity index (χ4v) is 4.76. The topological polar surface area (TPSA) is 94.9 Å². The lowest BCUT2D eigenvalue weighted by Gasteiger charge is -2.36. The van der Waals surface area contributed by atoms with E-state index in [0.717, 1.165) is 29.1 Å². The number of fused-ring (bicyclic) bond motifs is 1. The fourth-order valence-electron chi connectivity index (χ4n) is 4.49. The molecule has 1 aromatic heterocycles. The van der Waals surface area contributed by atoms with Crippen LogP contribution in [0.4, 0.5) is 15.8 Å². The first-order valence-electron chi connectivity index (χ1n) is 11.4. The molecule has 1 amide bonds. The molecule has 8 nitrogen and oxygen atoms in total. The highest BCUT2D eigenvalue weighted by Gasteiger charge is 2.28. The Bertz CT molecular complexity index is 1360. The Morgan fingerprint density at radius 3 is 2.40 bits per heavy atom. The summed E-state index contributed by atoms with van der Waals surface area (Å²) in [6.07, 6.45) is 3.17. The van der Waals surface area contributed by atoms with Crippen molar-refractivity contribution in [2.24, 2.45) is 0 Å². The van der Waals surface area contributed by atoms with Gasteiger partial charge in [-0.2, -0.15) is 0 Å². The Morgan fingerprint density at radius 2 is 1.77 bits per heavy atom. The van der Waals surface area contributed by atoms with Crippen molar-refractivity contribution in [3.8, 4) is 0 Å². The molecule has 1 saturated carbocycles. The van der Waals surface area contributed by atoms with Gasteiger partial charge in [0.2, 0.25) is 11.3 Å². The maximum absolute atomic E-state index is 15.1. The van der Waals surface area contributed by atoms with Crippen molar-refractivity contribution in [1.29, 1.82) is 0 Å². The third-order valence-electron chi connectivity index (χ3n) is 6.48. The van der Waals surface area contributed by atoms with E-state index in [1.54, 1.807) is 10.6 Å². The number of anilines is 2. The van der Waals surface area contributed by atoms with Crippen LogP contribution in [0, 0.1) is 5.82 Å². The SMILES string of the molecule is O=C(CN1CCN(c2cc3c(cc2F)c(=O)c(C(=O)O)cn3C2CC2)CC1)Nc1ccc(Br)cc1. The molecule has 5 rings (SSSR count). The van der Waals surface area contributed by atoms with E-state index < -0.39 is 17.2 Å². The third-order valence-corrected chi connectivity index (χ3v) is 7.01. The summed E-state index contributed by atoms with van der Waals surface area (Å²) in [4.78, 5) is 40.6. The van der Waals surface area contributed by atoms with Crippen LogP contribution >= 0.6 is 15.9 Å². The van der Waals surface area contributed by atoms with Gasteiger partial charge in [-0.15, -0.1) is 0 Å². The highest BCUT2D eigenvalue weighted by atomic mass is 79.9. The molecule has 2 N–H and O–H groups in total. The Balaban J connectivity index is 1.31. The van der Waals surface area contributed by atoms with Gasteiger partial charge in [-0.05, 0) is 49.2 Å². The highest BCUT2D eigenvalue weighted by Crippen LogP contribution is 2.38. The molecule has 2 fully saturated rings. The van der Waals surface area contributed by atoms with Gasteiger partial charge in [-0.1, -0.05) is 15.9 Å². The molecule has 182 valence electrons. The molecule has 10 heteroatoms. The highest BCUT2D eigenvalue weighted by molar-refractivity contribution is 9.10. The van der Waals surface area contributed by atoms with Crippen LogP contribution in [0.5, 0.6) is 0 Å². The van der Waals surface area contributed by atoms with Crippen molar-refractivity contribution in [1.82, 2.24) is 9.47 Å². The van der Waals surface area contributed by atoms with Gasteiger partial charge in [0.25, 0.3) is 0 Å². The molecule has 1 saturated heterocycles. The third kappa shape index (κ3) is 4.94. The second-order valence-electron chi connectivity index (χ2n) is 8.95. The molecular weight excluding hydrogens is 519 g/mol. The minimum atomic E-state index is -1.31. The van der Waals surface area contributed by atoms with Gasteiger partial charge in [-0.3, -0.25) is 14.5 Å². The van der Waals surface area contributed by atoms with E-state index in [4.69, 9.17) is 0 Å². The lowest BCUT2D eigenvalue weighted by Crippen LogP contribution is -2.49. The standard InChI is InChI=1S/C25H24BrFN4O4/c26-15-1-3-16(4-2-15)28-23(32)14-29-7-9-30(10-8-29)22-12-21-18(11-20(22)27)24(33)19(25(34)35)13-31(21)17-5-6-17/h1-4,11-13,17H,5-10,14H2,(H,28,32)(H,34,35). The van der Waals surface area contributed by atoms with Gasteiger partial charge in [0.15, 0.2) is 0 Å². The number of amides is 1. The Hall–Kier alpha value is -3.24. The normalized spacial score (nSPS) is 16.5. The number of nitrogens with zero attached hydrogens (tertiary/aromatic N) is 3. The molecule has 1 aliphatic heterocycles. The number of carbonyl (C=O) groups excluding carboxylic acids is 1. The van der Waals surface area contributed by atoms with Crippen LogP contribution in [0.2, 0.25) is 0 Å². The van der Waals surface area contributed by atoms with E-state index >= 15 is 4.39 Å². The van der Waals surface area contributed by atoms with Crippen LogP contribution in [-0.4, -0.2) is 59.2 Å². The Morgan fingerprint density at radius 1 is 1.09 bits per heavy atom. The molecule has 2 aliphatic rings. The molecule has 0 spiro atoms. The van der Waals surface area contributed by atoms with E-state index in [1.165, 1.54) is 6.20 Å². The maximum atomic E-state index is 15.1. The van der Waals surface area contributed by atoms with Gasteiger partial charge < -0.3 is 19.9 Å². The predicted molar refractivity (Wildman–Crippen MR) is 135 cm³/mol. The largest absolute Gasteiger partial charge is 0.477 e. The lowest BCUT2D eigenvalue weighted by molar-refractivity contribution is -0.117. The second kappa shape index (κ2) is 9.43. The zero-order chi connectivity index (χ0) is 24.7. The number of aromatic carboxylic acids is 1. The summed E-state index contributed by atoms with van der Waals surface area (Å²) in [5, 5.41) is 12.4. The Kier molecular flexibility index (Phi) is 6.33. The predicted octanol–water partition coefficient (Wildman–Crippen LogP) is 3.70. The van der Waals surface area contributed by atoms with E-state index in [2.05, 4.69) is 21.2 Å². The first kappa shape index (κ1) is 23.5. The number of pyridine rings is 1. The molecule has 35 heavy (non-hydrogen) atoms. The summed E-state index contributed by atoms with van der Waals surface area (Å²) < 4.78 is 17.9. The van der Waals surface area contributed by atoms with E-state index in [-0.39, 0.29) is 29.4 Å². The van der Waals surface area contributed by atoms with Crippen LogP contribution in [0.15, 0.2) is 51.9 Å². The number of piperazine rings is 1. The number of carboxylic acid groups (broad SMARTS) is 1. The molecule has 2 aromatic carbocycles. The summed E-state index contributed by atoms with van der Waals surface area (Å²) in [5.74, 6) is -1.97. The Labute approximate surface area is 209 Å². The number of hydrogen-bond donors (Lipinski definition) is 2. The zero-order valence-corrected chi connectivity index (χ0v) is 20.4. The minimum Gasteiger partial charge on any atom is -0.477 e. The quantitative estimate of drug-likeness (QED) is 0.493. The average molecular weight is 543 g/mol. The number of aromatic nitrogens is 1. The number of hydrogen-bond acceptors (Lipinski definition) is 5. The van der Waals surface area contributed by atoms with Crippen LogP contribution in [0.3, 0.4) is 0 Å². The summed E-state index contributed by atoms with van der Waals surface area (Å²) in [6.45, 7) is 2.45. The average Bonchev–Trinajstić information content (AvgIpc) is 3.67. The van der Waals surface area contributed by atoms with Gasteiger partial charge in [-0.25, -0.2) is 9.18 Å². The second-order valence-corrected chi connectivity index (χ2v) is 9.87. The van der Waals surface area contributed by atoms with Crippen LogP contribution in [0.1, 0.15) is 29.2 Å². The van der Waals surface area contributed by atoms with E-state index in [9.17, 15) is 19.5 Å². The van der Waals surface area contributed by atoms with Crippen molar-refractivity contribution in [3.05, 3.63) is 68.7 Å². The van der Waals surface area contributed by atoms with Gasteiger partial charge in [0.05, 0.1) is 17.7 Å². The lowest BCUT2D eigenvalue weighted by atomic mass is 10.1. The van der Waals surface area contributed by atoms with Crippen molar-refractivity contribution >= 4 is 50.1 Å².